The second-order valence-corrected chi connectivity index (χ2v) is 6.57. The van der Waals surface area contributed by atoms with Crippen molar-refractivity contribution in [1.29, 1.82) is 0 Å². The van der Waals surface area contributed by atoms with Gasteiger partial charge in [0.2, 0.25) is 0 Å². The van der Waals surface area contributed by atoms with E-state index in [1.807, 2.05) is 66.7 Å². The third kappa shape index (κ3) is 3.21. The molecule has 0 bridgehead atoms. The Labute approximate surface area is 153 Å². The molecule has 1 aromatic heterocycles. The topological polar surface area (TPSA) is 42.2 Å². The van der Waals surface area contributed by atoms with Crippen LogP contribution in [0.25, 0.3) is 22.3 Å². The molecule has 0 unspecified atom stereocenters. The molecule has 3 aromatic carbocycles. The maximum Gasteiger partial charge on any atom is 0.255 e. The molecule has 122 valence electrons. The van der Waals surface area contributed by atoms with E-state index in [0.29, 0.717) is 11.3 Å². The van der Waals surface area contributed by atoms with Crippen LogP contribution in [-0.2, 0) is 0 Å². The van der Waals surface area contributed by atoms with Gasteiger partial charge in [-0.05, 0) is 42.5 Å². The largest absolute Gasteiger partial charge is 0.456 e. The Morgan fingerprint density at radius 3 is 2.52 bits per heavy atom. The number of hydrogen-bond donors (Lipinski definition) is 1. The van der Waals surface area contributed by atoms with Crippen molar-refractivity contribution in [2.24, 2.45) is 0 Å². The lowest BCUT2D eigenvalue weighted by Gasteiger charge is -2.09. The molecule has 0 aliphatic carbocycles. The zero-order chi connectivity index (χ0) is 17.2. The fourth-order valence-corrected chi connectivity index (χ4v) is 3.15. The summed E-state index contributed by atoms with van der Waals surface area (Å²) in [5.41, 5.74) is 2.98. The number of fused-ring (bicyclic) bond motifs is 1. The molecule has 0 aliphatic heterocycles. The van der Waals surface area contributed by atoms with Gasteiger partial charge in [0.05, 0.1) is 5.69 Å². The molecule has 1 N–H and O–H groups in total. The fraction of sp³-hybridized carbons (Fsp3) is 0. The number of para-hydroxylation sites is 2. The van der Waals surface area contributed by atoms with Gasteiger partial charge in [0.25, 0.3) is 5.91 Å². The van der Waals surface area contributed by atoms with E-state index in [9.17, 15) is 4.79 Å². The summed E-state index contributed by atoms with van der Waals surface area (Å²) in [6.07, 6.45) is 0. The number of carbonyl (C=O) groups is 1. The number of carbonyl (C=O) groups excluding carboxylic acids is 1. The number of furan rings is 1. The summed E-state index contributed by atoms with van der Waals surface area (Å²) in [7, 11) is 0. The highest BCUT2D eigenvalue weighted by atomic mass is 79.9. The fourth-order valence-electron chi connectivity index (χ4n) is 2.75. The maximum absolute atomic E-state index is 12.6. The predicted octanol–water partition coefficient (Wildman–Crippen LogP) is 6.11. The van der Waals surface area contributed by atoms with Crippen LogP contribution in [0.2, 0.25) is 0 Å². The highest BCUT2D eigenvalue weighted by Gasteiger charge is 2.13. The maximum atomic E-state index is 12.6. The third-order valence-electron chi connectivity index (χ3n) is 3.95. The van der Waals surface area contributed by atoms with Crippen molar-refractivity contribution in [3.63, 3.8) is 0 Å². The van der Waals surface area contributed by atoms with Crippen molar-refractivity contribution in [2.45, 2.75) is 0 Å². The average molecular weight is 392 g/mol. The normalized spacial score (nSPS) is 10.8. The van der Waals surface area contributed by atoms with E-state index in [4.69, 9.17) is 4.42 Å². The molecule has 4 aromatic rings. The monoisotopic (exact) mass is 391 g/mol. The summed E-state index contributed by atoms with van der Waals surface area (Å²) in [6.45, 7) is 0. The summed E-state index contributed by atoms with van der Waals surface area (Å²) in [5, 5.41) is 4.01. The van der Waals surface area contributed by atoms with Gasteiger partial charge in [-0.25, -0.2) is 0 Å². The van der Waals surface area contributed by atoms with Crippen molar-refractivity contribution in [3.8, 4) is 11.3 Å². The summed E-state index contributed by atoms with van der Waals surface area (Å²) >= 11 is 3.39. The van der Waals surface area contributed by atoms with E-state index >= 15 is 0 Å². The standard InChI is InChI=1S/C21H14BrNO2/c22-16-8-5-7-15(12-16)21(24)23-18-10-3-2-9-17(18)20-13-14-6-1-4-11-19(14)25-20/h1-13H,(H,23,24). The van der Waals surface area contributed by atoms with Crippen molar-refractivity contribution < 1.29 is 9.21 Å². The third-order valence-corrected chi connectivity index (χ3v) is 4.45. The molecule has 4 heteroatoms. The Balaban J connectivity index is 1.70. The van der Waals surface area contributed by atoms with E-state index in [-0.39, 0.29) is 5.91 Å². The van der Waals surface area contributed by atoms with Crippen LogP contribution in [0.3, 0.4) is 0 Å². The first-order valence-electron chi connectivity index (χ1n) is 7.85. The van der Waals surface area contributed by atoms with Gasteiger partial charge < -0.3 is 9.73 Å². The van der Waals surface area contributed by atoms with E-state index in [0.717, 1.165) is 26.8 Å². The van der Waals surface area contributed by atoms with Crippen LogP contribution in [0.15, 0.2) is 87.8 Å². The number of amides is 1. The SMILES string of the molecule is O=C(Nc1ccccc1-c1cc2ccccc2o1)c1cccc(Br)c1. The number of anilines is 1. The molecule has 25 heavy (non-hydrogen) atoms. The Bertz CT molecular complexity index is 1040. The van der Waals surface area contributed by atoms with Crippen LogP contribution < -0.4 is 5.32 Å². The molecule has 3 nitrogen and oxygen atoms in total. The van der Waals surface area contributed by atoms with Gasteiger partial charge in [-0.2, -0.15) is 0 Å². The molecule has 0 saturated heterocycles. The first-order valence-corrected chi connectivity index (χ1v) is 8.65. The van der Waals surface area contributed by atoms with Gasteiger partial charge in [-0.1, -0.05) is 52.3 Å². The number of nitrogens with one attached hydrogen (secondary N) is 1. The van der Waals surface area contributed by atoms with Crippen molar-refractivity contribution in [3.05, 3.63) is 88.9 Å². The first-order chi connectivity index (χ1) is 12.2. The average Bonchev–Trinajstić information content (AvgIpc) is 3.06. The molecule has 1 amide bonds. The molecule has 0 fully saturated rings. The van der Waals surface area contributed by atoms with Gasteiger partial charge in [0.1, 0.15) is 11.3 Å². The number of halogens is 1. The zero-order valence-corrected chi connectivity index (χ0v) is 14.8. The highest BCUT2D eigenvalue weighted by Crippen LogP contribution is 2.33. The van der Waals surface area contributed by atoms with Crippen molar-refractivity contribution in [2.75, 3.05) is 5.32 Å². The predicted molar refractivity (Wildman–Crippen MR) is 104 cm³/mol. The van der Waals surface area contributed by atoms with Gasteiger partial charge in [-0.15, -0.1) is 0 Å². The van der Waals surface area contributed by atoms with Gasteiger partial charge in [0, 0.05) is 21.0 Å². The summed E-state index contributed by atoms with van der Waals surface area (Å²) < 4.78 is 6.81. The van der Waals surface area contributed by atoms with Crippen LogP contribution >= 0.6 is 15.9 Å². The second kappa shape index (κ2) is 6.57. The zero-order valence-electron chi connectivity index (χ0n) is 13.2. The molecule has 0 spiro atoms. The molecular formula is C21H14BrNO2. The smallest absolute Gasteiger partial charge is 0.255 e. The Hall–Kier alpha value is -2.85. The minimum Gasteiger partial charge on any atom is -0.456 e. The molecule has 0 saturated carbocycles. The van der Waals surface area contributed by atoms with E-state index < -0.39 is 0 Å². The highest BCUT2D eigenvalue weighted by molar-refractivity contribution is 9.10. The van der Waals surface area contributed by atoms with Crippen molar-refractivity contribution >= 4 is 38.5 Å². The number of hydrogen-bond acceptors (Lipinski definition) is 2. The Morgan fingerprint density at radius 1 is 0.880 bits per heavy atom. The lowest BCUT2D eigenvalue weighted by atomic mass is 10.1. The van der Waals surface area contributed by atoms with Crippen LogP contribution in [0, 0.1) is 0 Å². The van der Waals surface area contributed by atoms with Crippen LogP contribution in [0.4, 0.5) is 5.69 Å². The quantitative estimate of drug-likeness (QED) is 0.457. The second-order valence-electron chi connectivity index (χ2n) is 5.66. The molecular weight excluding hydrogens is 378 g/mol. The Kier molecular flexibility index (Phi) is 4.12. The molecule has 1 heterocycles. The van der Waals surface area contributed by atoms with Gasteiger partial charge in [-0.3, -0.25) is 4.79 Å². The molecule has 4 rings (SSSR count). The van der Waals surface area contributed by atoms with Crippen molar-refractivity contribution in [1.82, 2.24) is 0 Å². The van der Waals surface area contributed by atoms with E-state index in [1.54, 1.807) is 12.1 Å². The summed E-state index contributed by atoms with van der Waals surface area (Å²) in [5.74, 6) is 0.566. The van der Waals surface area contributed by atoms with E-state index in [1.165, 1.54) is 0 Å². The Morgan fingerprint density at radius 2 is 1.68 bits per heavy atom. The first kappa shape index (κ1) is 15.7. The molecule has 0 aliphatic rings. The lowest BCUT2D eigenvalue weighted by molar-refractivity contribution is 0.102. The minimum atomic E-state index is -0.162. The van der Waals surface area contributed by atoms with Gasteiger partial charge >= 0.3 is 0 Å². The number of rotatable bonds is 3. The van der Waals surface area contributed by atoms with Crippen LogP contribution in [-0.4, -0.2) is 5.91 Å². The molecule has 0 atom stereocenters. The minimum absolute atomic E-state index is 0.162. The summed E-state index contributed by atoms with van der Waals surface area (Å²) in [6, 6.07) is 24.8. The van der Waals surface area contributed by atoms with E-state index in [2.05, 4.69) is 21.2 Å². The number of benzene rings is 3. The molecule has 0 radical (unpaired) electrons. The summed E-state index contributed by atoms with van der Waals surface area (Å²) in [4.78, 5) is 12.6. The van der Waals surface area contributed by atoms with Crippen LogP contribution in [0.5, 0.6) is 0 Å². The van der Waals surface area contributed by atoms with Gasteiger partial charge in [0.15, 0.2) is 0 Å². The van der Waals surface area contributed by atoms with Crippen LogP contribution in [0.1, 0.15) is 10.4 Å². The lowest BCUT2D eigenvalue weighted by Crippen LogP contribution is -2.12.